The predicted octanol–water partition coefficient (Wildman–Crippen LogP) is 3.48. The van der Waals surface area contributed by atoms with E-state index in [1.165, 1.54) is 18.1 Å². The number of benzene rings is 3. The van der Waals surface area contributed by atoms with Crippen molar-refractivity contribution in [1.29, 1.82) is 0 Å². The predicted molar refractivity (Wildman–Crippen MR) is 157 cm³/mol. The lowest BCUT2D eigenvalue weighted by Crippen LogP contribution is -2.55. The molecule has 0 unspecified atom stereocenters. The summed E-state index contributed by atoms with van der Waals surface area (Å²) in [5.74, 6) is -1.52. The number of halogens is 3. The van der Waals surface area contributed by atoms with Crippen molar-refractivity contribution in [2.45, 2.75) is 50.4 Å². The van der Waals surface area contributed by atoms with Gasteiger partial charge in [-0.05, 0) is 60.5 Å². The second-order valence-corrected chi connectivity index (χ2v) is 11.0. The molecule has 3 aromatic rings. The molecule has 0 saturated heterocycles. The van der Waals surface area contributed by atoms with Crippen LogP contribution in [0, 0.1) is 6.92 Å². The zero-order valence-electron chi connectivity index (χ0n) is 24.5. The van der Waals surface area contributed by atoms with Gasteiger partial charge >= 0.3 is 6.18 Å². The lowest BCUT2D eigenvalue weighted by atomic mass is 9.77. The maximum absolute atomic E-state index is 14.0. The number of hydrogen-bond donors (Lipinski definition) is 4. The van der Waals surface area contributed by atoms with Crippen LogP contribution in [0.5, 0.6) is 11.5 Å². The van der Waals surface area contributed by atoms with E-state index in [2.05, 4.69) is 5.32 Å². The third kappa shape index (κ3) is 6.39. The molecule has 0 radical (unpaired) electrons. The van der Waals surface area contributed by atoms with Gasteiger partial charge in [0.15, 0.2) is 11.5 Å². The highest BCUT2D eigenvalue weighted by molar-refractivity contribution is 5.97. The normalized spacial score (nSPS) is 20.4. The largest absolute Gasteiger partial charge is 0.493 e. The van der Waals surface area contributed by atoms with Crippen molar-refractivity contribution >= 4 is 11.8 Å². The number of ether oxygens (including phenoxy) is 2. The Morgan fingerprint density at radius 3 is 2.31 bits per heavy atom. The van der Waals surface area contributed by atoms with Crippen molar-refractivity contribution in [1.82, 2.24) is 10.2 Å². The van der Waals surface area contributed by atoms with Gasteiger partial charge in [0.2, 0.25) is 5.91 Å². The van der Waals surface area contributed by atoms with Gasteiger partial charge in [-0.25, -0.2) is 0 Å². The van der Waals surface area contributed by atoms with Crippen LogP contribution < -0.4 is 14.8 Å². The first-order valence-corrected chi connectivity index (χ1v) is 14.3. The average molecular weight is 627 g/mol. The van der Waals surface area contributed by atoms with Gasteiger partial charge in [-0.15, -0.1) is 0 Å². The molecule has 2 amide bonds. The number of hydrogen-bond acceptors (Lipinski definition) is 7. The first kappa shape index (κ1) is 32.0. The summed E-state index contributed by atoms with van der Waals surface area (Å²) in [5, 5.41) is 33.7. The Morgan fingerprint density at radius 1 is 1.02 bits per heavy atom. The number of methoxy groups -OCH3 is 1. The summed E-state index contributed by atoms with van der Waals surface area (Å²) >= 11 is 0. The van der Waals surface area contributed by atoms with Crippen molar-refractivity contribution in [3.63, 3.8) is 0 Å². The molecule has 1 heterocycles. The highest BCUT2D eigenvalue weighted by Gasteiger charge is 2.51. The zero-order valence-corrected chi connectivity index (χ0v) is 24.5. The Bertz CT molecular complexity index is 1590. The minimum absolute atomic E-state index is 0.0472. The number of aliphatic hydroxyl groups is 3. The Balaban J connectivity index is 1.62. The molecular weight excluding hydrogens is 593 g/mol. The van der Waals surface area contributed by atoms with Gasteiger partial charge < -0.3 is 35.0 Å². The molecule has 0 saturated carbocycles. The molecule has 238 valence electrons. The number of rotatable bonds is 9. The first-order valence-electron chi connectivity index (χ1n) is 14.3. The third-order valence-corrected chi connectivity index (χ3v) is 8.05. The average Bonchev–Trinajstić information content (AvgIpc) is 3.42. The van der Waals surface area contributed by atoms with Gasteiger partial charge in [-0.3, -0.25) is 9.59 Å². The lowest BCUT2D eigenvalue weighted by molar-refractivity contribution is -0.137. The molecule has 4 atom stereocenters. The summed E-state index contributed by atoms with van der Waals surface area (Å²) in [5.41, 5.74) is 1.81. The molecular formula is C33H33F3N2O7. The quantitative estimate of drug-likeness (QED) is 0.286. The Morgan fingerprint density at radius 2 is 1.71 bits per heavy atom. The number of nitrogens with zero attached hydrogens (tertiary/aromatic N) is 1. The van der Waals surface area contributed by atoms with Gasteiger partial charge in [0.05, 0.1) is 37.8 Å². The van der Waals surface area contributed by atoms with Gasteiger partial charge in [0, 0.05) is 29.8 Å². The van der Waals surface area contributed by atoms with Crippen LogP contribution in [0.1, 0.15) is 44.1 Å². The monoisotopic (exact) mass is 626 g/mol. The number of aliphatic hydroxyl groups excluding tert-OH is 3. The molecule has 12 heteroatoms. The number of fused-ring (bicyclic) bond motifs is 3. The van der Waals surface area contributed by atoms with Crippen LogP contribution >= 0.6 is 0 Å². The highest BCUT2D eigenvalue weighted by Crippen LogP contribution is 2.51. The minimum Gasteiger partial charge on any atom is -0.493 e. The standard InChI is InChI=1S/C33H33F3N2O7/c1-18-3-5-19(6-4-18)16-38(32(43)21-7-9-22(10-8-21)33(34,35)36)25-15-24(31(42)37-11-12-39)27-23-13-20(17-40)14-26(44-2)29(23)45-30(27)28(25)41/h3-10,13-15,25,27-28,30,39-41H,11-12,16-17H2,1-2H3,(H,37,42)/t25-,27+,28+,30+/m1/s1. The SMILES string of the molecule is COc1cc(CO)cc2c1O[C@@H]1[C@@H](O)[C@H](N(Cc3ccc(C)cc3)C(=O)c3ccc(C(F)(F)F)cc3)C=C(C(=O)NCCO)[C@H]21. The van der Waals surface area contributed by atoms with Crippen molar-refractivity contribution in [3.05, 3.63) is 106 Å². The third-order valence-electron chi connectivity index (χ3n) is 8.05. The summed E-state index contributed by atoms with van der Waals surface area (Å²) in [4.78, 5) is 28.9. The summed E-state index contributed by atoms with van der Waals surface area (Å²) < 4.78 is 51.5. The molecule has 3 aromatic carbocycles. The Labute approximate surface area is 257 Å². The topological polar surface area (TPSA) is 129 Å². The number of nitrogens with one attached hydrogen (secondary N) is 1. The molecule has 0 fully saturated rings. The molecule has 0 bridgehead atoms. The molecule has 0 aromatic heterocycles. The minimum atomic E-state index is -4.59. The fraction of sp³-hybridized carbons (Fsp3) is 0.333. The van der Waals surface area contributed by atoms with E-state index in [9.17, 15) is 38.1 Å². The Hall–Kier alpha value is -4.39. The summed E-state index contributed by atoms with van der Waals surface area (Å²) in [7, 11) is 1.41. The summed E-state index contributed by atoms with van der Waals surface area (Å²) in [6, 6.07) is 13.1. The molecule has 0 spiro atoms. The highest BCUT2D eigenvalue weighted by atomic mass is 19.4. The van der Waals surface area contributed by atoms with Crippen molar-refractivity contribution < 1.29 is 47.6 Å². The van der Waals surface area contributed by atoms with Crippen LogP contribution in [0.15, 0.2) is 72.3 Å². The second-order valence-electron chi connectivity index (χ2n) is 11.0. The lowest BCUT2D eigenvalue weighted by Gasteiger charge is -2.40. The maximum atomic E-state index is 14.0. The fourth-order valence-corrected chi connectivity index (χ4v) is 5.79. The van der Waals surface area contributed by atoms with Crippen LogP contribution in [-0.2, 0) is 24.1 Å². The van der Waals surface area contributed by atoms with Gasteiger partial charge in [0.25, 0.3) is 5.91 Å². The number of amides is 2. The summed E-state index contributed by atoms with van der Waals surface area (Å²) in [6.45, 7) is 1.12. The van der Waals surface area contributed by atoms with Crippen LogP contribution in [0.25, 0.3) is 0 Å². The number of carbonyl (C=O) groups is 2. The molecule has 5 rings (SSSR count). The molecule has 1 aliphatic heterocycles. The van der Waals surface area contributed by atoms with E-state index in [-0.39, 0.29) is 48.9 Å². The van der Waals surface area contributed by atoms with E-state index in [1.54, 1.807) is 24.3 Å². The van der Waals surface area contributed by atoms with Crippen molar-refractivity contribution in [2.75, 3.05) is 20.3 Å². The van der Waals surface area contributed by atoms with E-state index in [1.807, 2.05) is 19.1 Å². The number of carbonyl (C=O) groups excluding carboxylic acids is 2. The van der Waals surface area contributed by atoms with Crippen LogP contribution in [0.4, 0.5) is 13.2 Å². The smallest absolute Gasteiger partial charge is 0.416 e. The van der Waals surface area contributed by atoms with Crippen LogP contribution in [0.3, 0.4) is 0 Å². The van der Waals surface area contributed by atoms with E-state index < -0.39 is 47.7 Å². The molecule has 1 aliphatic carbocycles. The fourth-order valence-electron chi connectivity index (χ4n) is 5.79. The van der Waals surface area contributed by atoms with Crippen molar-refractivity contribution in [2.24, 2.45) is 0 Å². The van der Waals surface area contributed by atoms with Gasteiger partial charge in [-0.2, -0.15) is 13.2 Å². The number of alkyl halides is 3. The van der Waals surface area contributed by atoms with E-state index >= 15 is 0 Å². The van der Waals surface area contributed by atoms with Gasteiger partial charge in [0.1, 0.15) is 12.2 Å². The zero-order chi connectivity index (χ0) is 32.5. The molecule has 2 aliphatic rings. The maximum Gasteiger partial charge on any atom is 0.416 e. The molecule has 4 N–H and O–H groups in total. The molecule has 45 heavy (non-hydrogen) atoms. The van der Waals surface area contributed by atoms with Crippen LogP contribution in [-0.4, -0.2) is 70.5 Å². The first-order chi connectivity index (χ1) is 21.5. The van der Waals surface area contributed by atoms with Crippen molar-refractivity contribution in [3.8, 4) is 11.5 Å². The van der Waals surface area contributed by atoms with Crippen LogP contribution in [0.2, 0.25) is 0 Å². The van der Waals surface area contributed by atoms with E-state index in [4.69, 9.17) is 9.47 Å². The second kappa shape index (κ2) is 12.9. The van der Waals surface area contributed by atoms with Gasteiger partial charge in [-0.1, -0.05) is 29.8 Å². The molecule has 9 nitrogen and oxygen atoms in total. The number of aryl methyl sites for hydroxylation is 1. The summed E-state index contributed by atoms with van der Waals surface area (Å²) in [6.07, 6.45) is -5.61. The Kier molecular flexibility index (Phi) is 9.19. The van der Waals surface area contributed by atoms with E-state index in [0.717, 1.165) is 29.8 Å². The van der Waals surface area contributed by atoms with E-state index in [0.29, 0.717) is 16.7 Å².